The maximum atomic E-state index is 8.71. The van der Waals surface area contributed by atoms with E-state index < -0.39 is 0 Å². The van der Waals surface area contributed by atoms with Crippen LogP contribution in [0.15, 0.2) is 24.3 Å². The van der Waals surface area contributed by atoms with Gasteiger partial charge in [-0.05, 0) is 18.1 Å². The second kappa shape index (κ2) is 10.6. The minimum atomic E-state index is -0.125. The molecule has 0 spiro atoms. The van der Waals surface area contributed by atoms with Crippen molar-refractivity contribution in [2.45, 2.75) is 26.4 Å². The van der Waals surface area contributed by atoms with Crippen molar-refractivity contribution in [3.63, 3.8) is 0 Å². The molecule has 0 atom stereocenters. The van der Waals surface area contributed by atoms with E-state index in [1.165, 1.54) is 0 Å². The molecular formula is C16H22O3. The van der Waals surface area contributed by atoms with Gasteiger partial charge in [0.25, 0.3) is 0 Å². The van der Waals surface area contributed by atoms with Crippen LogP contribution in [0.3, 0.4) is 0 Å². The van der Waals surface area contributed by atoms with E-state index >= 15 is 0 Å². The van der Waals surface area contributed by atoms with Crippen LogP contribution in [0.25, 0.3) is 0 Å². The Morgan fingerprint density at radius 3 is 2.68 bits per heavy atom. The highest BCUT2D eigenvalue weighted by atomic mass is 16.5. The van der Waals surface area contributed by atoms with Gasteiger partial charge in [-0.2, -0.15) is 0 Å². The maximum absolute atomic E-state index is 8.71. The summed E-state index contributed by atoms with van der Waals surface area (Å²) in [5, 5.41) is 8.71. The maximum Gasteiger partial charge on any atom is 0.104 e. The van der Waals surface area contributed by atoms with Crippen LogP contribution in [-0.2, 0) is 16.1 Å². The van der Waals surface area contributed by atoms with Gasteiger partial charge in [-0.3, -0.25) is 0 Å². The molecule has 19 heavy (non-hydrogen) atoms. The van der Waals surface area contributed by atoms with E-state index in [0.29, 0.717) is 19.8 Å². The fourth-order valence-electron chi connectivity index (χ4n) is 1.55. The van der Waals surface area contributed by atoms with Gasteiger partial charge in [0.1, 0.15) is 6.61 Å². The molecule has 0 amide bonds. The Morgan fingerprint density at radius 1 is 1.11 bits per heavy atom. The highest BCUT2D eigenvalue weighted by Gasteiger charge is 1.99. The van der Waals surface area contributed by atoms with E-state index in [1.807, 2.05) is 24.3 Å². The SMILES string of the molecule is CCCCOCCOCc1ccccc1C#CCO. The molecule has 0 saturated heterocycles. The molecular weight excluding hydrogens is 240 g/mol. The molecule has 0 bridgehead atoms. The van der Waals surface area contributed by atoms with Gasteiger partial charge in [-0.25, -0.2) is 0 Å². The third kappa shape index (κ3) is 6.97. The van der Waals surface area contributed by atoms with Gasteiger partial charge in [0.2, 0.25) is 0 Å². The van der Waals surface area contributed by atoms with Crippen molar-refractivity contribution in [3.8, 4) is 11.8 Å². The van der Waals surface area contributed by atoms with E-state index in [4.69, 9.17) is 14.6 Å². The van der Waals surface area contributed by atoms with Crippen LogP contribution in [0, 0.1) is 11.8 Å². The smallest absolute Gasteiger partial charge is 0.104 e. The molecule has 1 rings (SSSR count). The number of benzene rings is 1. The normalized spacial score (nSPS) is 10.0. The summed E-state index contributed by atoms with van der Waals surface area (Å²) < 4.78 is 11.0. The summed E-state index contributed by atoms with van der Waals surface area (Å²) in [6, 6.07) is 7.80. The van der Waals surface area contributed by atoms with E-state index in [0.717, 1.165) is 30.6 Å². The van der Waals surface area contributed by atoms with Gasteiger partial charge in [0.05, 0.1) is 19.8 Å². The minimum Gasteiger partial charge on any atom is -0.384 e. The molecule has 0 aliphatic rings. The van der Waals surface area contributed by atoms with Crippen LogP contribution in [0.1, 0.15) is 30.9 Å². The Kier molecular flexibility index (Phi) is 8.74. The molecule has 0 aliphatic carbocycles. The van der Waals surface area contributed by atoms with Crippen molar-refractivity contribution in [2.75, 3.05) is 26.4 Å². The van der Waals surface area contributed by atoms with Gasteiger partial charge < -0.3 is 14.6 Å². The third-order valence-corrected chi connectivity index (χ3v) is 2.59. The predicted octanol–water partition coefficient (Wildman–Crippen LogP) is 2.36. The molecule has 1 aromatic carbocycles. The summed E-state index contributed by atoms with van der Waals surface area (Å²) >= 11 is 0. The molecule has 0 aromatic heterocycles. The number of unbranched alkanes of at least 4 members (excludes halogenated alkanes) is 1. The Hall–Kier alpha value is -1.34. The van der Waals surface area contributed by atoms with Crippen molar-refractivity contribution in [1.82, 2.24) is 0 Å². The van der Waals surface area contributed by atoms with Crippen LogP contribution >= 0.6 is 0 Å². The van der Waals surface area contributed by atoms with Crippen molar-refractivity contribution in [2.24, 2.45) is 0 Å². The Balaban J connectivity index is 2.29. The Morgan fingerprint density at radius 2 is 1.89 bits per heavy atom. The lowest BCUT2D eigenvalue weighted by Crippen LogP contribution is -2.05. The molecule has 0 radical (unpaired) electrons. The summed E-state index contributed by atoms with van der Waals surface area (Å²) in [4.78, 5) is 0. The molecule has 0 unspecified atom stereocenters. The van der Waals surface area contributed by atoms with Gasteiger partial charge in [0, 0.05) is 12.2 Å². The van der Waals surface area contributed by atoms with Crippen LogP contribution in [0.5, 0.6) is 0 Å². The lowest BCUT2D eigenvalue weighted by atomic mass is 10.1. The standard InChI is InChI=1S/C16H22O3/c1-2-3-11-18-12-13-19-14-16-8-5-4-7-15(16)9-6-10-17/h4-5,7-8,17H,2-3,10-14H2,1H3. The third-order valence-electron chi connectivity index (χ3n) is 2.59. The van der Waals surface area contributed by atoms with Crippen LogP contribution < -0.4 is 0 Å². The van der Waals surface area contributed by atoms with E-state index in [9.17, 15) is 0 Å². The van der Waals surface area contributed by atoms with E-state index in [2.05, 4.69) is 18.8 Å². The van der Waals surface area contributed by atoms with Crippen LogP contribution in [0.4, 0.5) is 0 Å². The molecule has 0 saturated carbocycles. The van der Waals surface area contributed by atoms with Gasteiger partial charge >= 0.3 is 0 Å². The summed E-state index contributed by atoms with van der Waals surface area (Å²) in [6.07, 6.45) is 2.25. The fourth-order valence-corrected chi connectivity index (χ4v) is 1.55. The summed E-state index contributed by atoms with van der Waals surface area (Å²) in [6.45, 7) is 4.56. The lowest BCUT2D eigenvalue weighted by Gasteiger charge is -2.07. The molecule has 104 valence electrons. The zero-order valence-corrected chi connectivity index (χ0v) is 11.5. The molecule has 3 nitrogen and oxygen atoms in total. The van der Waals surface area contributed by atoms with E-state index in [-0.39, 0.29) is 6.61 Å². The minimum absolute atomic E-state index is 0.125. The first-order valence-electron chi connectivity index (χ1n) is 6.71. The van der Waals surface area contributed by atoms with Gasteiger partial charge in [-0.1, -0.05) is 43.4 Å². The quantitative estimate of drug-likeness (QED) is 0.577. The first-order valence-corrected chi connectivity index (χ1v) is 6.71. The summed E-state index contributed by atoms with van der Waals surface area (Å²) in [5.74, 6) is 5.58. The molecule has 1 aromatic rings. The van der Waals surface area contributed by atoms with Gasteiger partial charge in [0.15, 0.2) is 0 Å². The van der Waals surface area contributed by atoms with E-state index in [1.54, 1.807) is 0 Å². The second-order valence-corrected chi connectivity index (χ2v) is 4.14. The average Bonchev–Trinajstić information content (AvgIpc) is 2.45. The lowest BCUT2D eigenvalue weighted by molar-refractivity contribution is 0.0396. The predicted molar refractivity (Wildman–Crippen MR) is 75.8 cm³/mol. The zero-order chi connectivity index (χ0) is 13.8. The number of aliphatic hydroxyl groups excluding tert-OH is 1. The number of aliphatic hydroxyl groups is 1. The van der Waals surface area contributed by atoms with Crippen molar-refractivity contribution < 1.29 is 14.6 Å². The number of ether oxygens (including phenoxy) is 2. The molecule has 0 aliphatic heterocycles. The zero-order valence-electron chi connectivity index (χ0n) is 11.5. The van der Waals surface area contributed by atoms with Crippen molar-refractivity contribution in [3.05, 3.63) is 35.4 Å². The number of hydrogen-bond acceptors (Lipinski definition) is 3. The summed E-state index contributed by atoms with van der Waals surface area (Å²) in [7, 11) is 0. The molecule has 3 heteroatoms. The Bertz CT molecular complexity index is 404. The Labute approximate surface area is 115 Å². The number of rotatable bonds is 8. The van der Waals surface area contributed by atoms with Crippen molar-refractivity contribution in [1.29, 1.82) is 0 Å². The molecule has 0 heterocycles. The fraction of sp³-hybridized carbons (Fsp3) is 0.500. The largest absolute Gasteiger partial charge is 0.384 e. The highest BCUT2D eigenvalue weighted by Crippen LogP contribution is 2.08. The summed E-state index contributed by atoms with van der Waals surface area (Å²) in [5.41, 5.74) is 1.94. The number of hydrogen-bond donors (Lipinski definition) is 1. The first-order chi connectivity index (χ1) is 9.38. The topological polar surface area (TPSA) is 38.7 Å². The van der Waals surface area contributed by atoms with Crippen LogP contribution in [-0.4, -0.2) is 31.5 Å². The average molecular weight is 262 g/mol. The van der Waals surface area contributed by atoms with Gasteiger partial charge in [-0.15, -0.1) is 0 Å². The monoisotopic (exact) mass is 262 g/mol. The highest BCUT2D eigenvalue weighted by molar-refractivity contribution is 5.40. The van der Waals surface area contributed by atoms with Crippen LogP contribution in [0.2, 0.25) is 0 Å². The molecule has 1 N–H and O–H groups in total. The first kappa shape index (κ1) is 15.7. The van der Waals surface area contributed by atoms with Crippen molar-refractivity contribution >= 4 is 0 Å². The molecule has 0 fully saturated rings. The second-order valence-electron chi connectivity index (χ2n) is 4.14.